The van der Waals surface area contributed by atoms with Crippen LogP contribution in [0, 0.1) is 13.8 Å². The van der Waals surface area contributed by atoms with Crippen molar-refractivity contribution in [1.82, 2.24) is 0 Å². The Morgan fingerprint density at radius 1 is 1.05 bits per heavy atom. The minimum absolute atomic E-state index is 0.0539. The molecule has 1 amide bonds. The molecule has 0 aliphatic heterocycles. The maximum Gasteiger partial charge on any atom is 0.226 e. The van der Waals surface area contributed by atoms with Crippen molar-refractivity contribution in [2.24, 2.45) is 0 Å². The van der Waals surface area contributed by atoms with Crippen LogP contribution in [0.1, 0.15) is 17.5 Å². The minimum atomic E-state index is -0.0539. The lowest BCUT2D eigenvalue weighted by molar-refractivity contribution is -0.115. The lowest BCUT2D eigenvalue weighted by Crippen LogP contribution is -2.17. The van der Waals surface area contributed by atoms with E-state index in [1.807, 2.05) is 18.2 Å². The molecule has 0 radical (unpaired) electrons. The molecular formula is C17H19ClN2O. The van der Waals surface area contributed by atoms with Gasteiger partial charge in [-0.25, -0.2) is 0 Å². The number of anilines is 2. The summed E-state index contributed by atoms with van der Waals surface area (Å²) in [6, 6.07) is 13.4. The largest absolute Gasteiger partial charge is 0.384 e. The monoisotopic (exact) mass is 302 g/mol. The number of para-hydroxylation sites is 2. The topological polar surface area (TPSA) is 41.1 Å². The smallest absolute Gasteiger partial charge is 0.226 e. The Bertz CT molecular complexity index is 620. The van der Waals surface area contributed by atoms with Crippen molar-refractivity contribution in [3.8, 4) is 0 Å². The average Bonchev–Trinajstić information content (AvgIpc) is 2.45. The highest BCUT2D eigenvalue weighted by Gasteiger charge is 2.06. The Morgan fingerprint density at radius 3 is 2.38 bits per heavy atom. The van der Waals surface area contributed by atoms with Gasteiger partial charge in [0.25, 0.3) is 0 Å². The summed E-state index contributed by atoms with van der Waals surface area (Å²) in [6.07, 6.45) is 0.388. The van der Waals surface area contributed by atoms with E-state index in [1.165, 1.54) is 11.1 Å². The van der Waals surface area contributed by atoms with Crippen molar-refractivity contribution >= 4 is 28.9 Å². The SMILES string of the molecule is Cc1cccc(C)c1NCCC(=O)Nc1ccccc1Cl. The molecule has 0 aliphatic carbocycles. The maximum atomic E-state index is 11.9. The van der Waals surface area contributed by atoms with Gasteiger partial charge in [0, 0.05) is 18.7 Å². The first-order valence-corrected chi connectivity index (χ1v) is 7.30. The first-order valence-electron chi connectivity index (χ1n) is 6.92. The number of hydrogen-bond acceptors (Lipinski definition) is 2. The number of carbonyl (C=O) groups is 1. The highest BCUT2D eigenvalue weighted by molar-refractivity contribution is 6.33. The van der Waals surface area contributed by atoms with Crippen molar-refractivity contribution < 1.29 is 4.79 Å². The predicted molar refractivity (Wildman–Crippen MR) is 89.1 cm³/mol. The van der Waals surface area contributed by atoms with E-state index in [9.17, 15) is 4.79 Å². The molecule has 0 heterocycles. The molecule has 0 atom stereocenters. The van der Waals surface area contributed by atoms with Crippen LogP contribution in [0.3, 0.4) is 0 Å². The third-order valence-corrected chi connectivity index (χ3v) is 3.61. The number of benzene rings is 2. The van der Waals surface area contributed by atoms with Crippen LogP contribution < -0.4 is 10.6 Å². The molecule has 110 valence electrons. The van der Waals surface area contributed by atoms with Gasteiger partial charge in [-0.15, -0.1) is 0 Å². The van der Waals surface area contributed by atoms with E-state index in [1.54, 1.807) is 12.1 Å². The number of amides is 1. The van der Waals surface area contributed by atoms with Crippen LogP contribution in [-0.2, 0) is 4.79 Å². The Labute approximate surface area is 130 Å². The van der Waals surface area contributed by atoms with Crippen LogP contribution in [0.5, 0.6) is 0 Å². The van der Waals surface area contributed by atoms with Gasteiger partial charge in [-0.05, 0) is 37.1 Å². The molecule has 0 saturated heterocycles. The van der Waals surface area contributed by atoms with Gasteiger partial charge in [0.1, 0.15) is 0 Å². The molecule has 2 aromatic carbocycles. The van der Waals surface area contributed by atoms with Crippen LogP contribution in [-0.4, -0.2) is 12.5 Å². The summed E-state index contributed by atoms with van der Waals surface area (Å²) in [5.74, 6) is -0.0539. The Morgan fingerprint density at radius 2 is 1.71 bits per heavy atom. The Hall–Kier alpha value is -2.00. The van der Waals surface area contributed by atoms with E-state index >= 15 is 0 Å². The number of aryl methyl sites for hydroxylation is 2. The second-order valence-corrected chi connectivity index (χ2v) is 5.38. The summed E-state index contributed by atoms with van der Waals surface area (Å²) in [4.78, 5) is 11.9. The highest BCUT2D eigenvalue weighted by atomic mass is 35.5. The zero-order valence-corrected chi connectivity index (χ0v) is 13.0. The third kappa shape index (κ3) is 4.23. The van der Waals surface area contributed by atoms with Gasteiger partial charge in [0.15, 0.2) is 0 Å². The summed E-state index contributed by atoms with van der Waals surface area (Å²) in [7, 11) is 0. The first kappa shape index (κ1) is 15.4. The van der Waals surface area contributed by atoms with Crippen molar-refractivity contribution in [1.29, 1.82) is 0 Å². The van der Waals surface area contributed by atoms with Gasteiger partial charge in [-0.3, -0.25) is 4.79 Å². The average molecular weight is 303 g/mol. The standard InChI is InChI=1S/C17H19ClN2O/c1-12-6-5-7-13(2)17(12)19-11-10-16(21)20-15-9-4-3-8-14(15)18/h3-9,19H,10-11H2,1-2H3,(H,20,21). The maximum absolute atomic E-state index is 11.9. The van der Waals surface area contributed by atoms with Crippen LogP contribution in [0.15, 0.2) is 42.5 Å². The molecule has 2 rings (SSSR count). The fraction of sp³-hybridized carbons (Fsp3) is 0.235. The molecular weight excluding hydrogens is 284 g/mol. The van der Waals surface area contributed by atoms with E-state index in [0.29, 0.717) is 23.7 Å². The molecule has 0 aliphatic rings. The quantitative estimate of drug-likeness (QED) is 0.859. The molecule has 2 N–H and O–H groups in total. The fourth-order valence-electron chi connectivity index (χ4n) is 2.17. The van der Waals surface area contributed by atoms with E-state index < -0.39 is 0 Å². The molecule has 0 saturated carbocycles. The zero-order chi connectivity index (χ0) is 15.2. The number of hydrogen-bond donors (Lipinski definition) is 2. The van der Waals surface area contributed by atoms with Crippen LogP contribution in [0.4, 0.5) is 11.4 Å². The van der Waals surface area contributed by atoms with Gasteiger partial charge >= 0.3 is 0 Å². The second kappa shape index (κ2) is 7.14. The van der Waals surface area contributed by atoms with E-state index in [4.69, 9.17) is 11.6 Å². The summed E-state index contributed by atoms with van der Waals surface area (Å²) in [6.45, 7) is 4.69. The van der Waals surface area contributed by atoms with Gasteiger partial charge in [-0.2, -0.15) is 0 Å². The minimum Gasteiger partial charge on any atom is -0.384 e. The summed E-state index contributed by atoms with van der Waals surface area (Å²) in [5, 5.41) is 6.68. The van der Waals surface area contributed by atoms with Gasteiger partial charge in [0.05, 0.1) is 10.7 Å². The molecule has 4 heteroatoms. The molecule has 21 heavy (non-hydrogen) atoms. The molecule has 0 bridgehead atoms. The van der Waals surface area contributed by atoms with E-state index in [2.05, 4.69) is 36.6 Å². The Kier molecular flexibility index (Phi) is 5.23. The summed E-state index contributed by atoms with van der Waals surface area (Å²) in [5.41, 5.74) is 4.11. The number of carbonyl (C=O) groups excluding carboxylic acids is 1. The van der Waals surface area contributed by atoms with Crippen molar-refractivity contribution in [3.05, 3.63) is 58.6 Å². The predicted octanol–water partition coefficient (Wildman–Crippen LogP) is 4.40. The van der Waals surface area contributed by atoms with Crippen LogP contribution in [0.2, 0.25) is 5.02 Å². The summed E-state index contributed by atoms with van der Waals surface area (Å²) >= 11 is 6.01. The lowest BCUT2D eigenvalue weighted by atomic mass is 10.1. The van der Waals surface area contributed by atoms with Gasteiger partial charge < -0.3 is 10.6 Å². The van der Waals surface area contributed by atoms with Gasteiger partial charge in [-0.1, -0.05) is 41.9 Å². The number of nitrogens with one attached hydrogen (secondary N) is 2. The molecule has 0 spiro atoms. The molecule has 2 aromatic rings. The second-order valence-electron chi connectivity index (χ2n) is 4.97. The van der Waals surface area contributed by atoms with Crippen LogP contribution in [0.25, 0.3) is 0 Å². The fourth-order valence-corrected chi connectivity index (χ4v) is 2.35. The Balaban J connectivity index is 1.86. The van der Waals surface area contributed by atoms with E-state index in [-0.39, 0.29) is 5.91 Å². The summed E-state index contributed by atoms with van der Waals surface area (Å²) < 4.78 is 0. The van der Waals surface area contributed by atoms with Crippen LogP contribution >= 0.6 is 11.6 Å². The van der Waals surface area contributed by atoms with Crippen molar-refractivity contribution in [2.45, 2.75) is 20.3 Å². The van der Waals surface area contributed by atoms with Crippen molar-refractivity contribution in [2.75, 3.05) is 17.2 Å². The zero-order valence-electron chi connectivity index (χ0n) is 12.2. The molecule has 0 unspecified atom stereocenters. The van der Waals surface area contributed by atoms with Crippen molar-refractivity contribution in [3.63, 3.8) is 0 Å². The third-order valence-electron chi connectivity index (χ3n) is 3.28. The first-order chi connectivity index (χ1) is 10.1. The normalized spacial score (nSPS) is 10.2. The number of rotatable bonds is 5. The molecule has 3 nitrogen and oxygen atoms in total. The number of halogens is 1. The highest BCUT2D eigenvalue weighted by Crippen LogP contribution is 2.21. The lowest BCUT2D eigenvalue weighted by Gasteiger charge is -2.12. The molecule has 0 fully saturated rings. The van der Waals surface area contributed by atoms with E-state index in [0.717, 1.165) is 5.69 Å². The molecule has 0 aromatic heterocycles. The van der Waals surface area contributed by atoms with Gasteiger partial charge in [0.2, 0.25) is 5.91 Å².